The molecular formula is C21H22N2O2. The average Bonchev–Trinajstić information content (AvgIpc) is 3.03. The van der Waals surface area contributed by atoms with Gasteiger partial charge in [-0.15, -0.1) is 0 Å². The summed E-state index contributed by atoms with van der Waals surface area (Å²) in [4.78, 5) is 19.7. The summed E-state index contributed by atoms with van der Waals surface area (Å²) in [6.45, 7) is 6.10. The van der Waals surface area contributed by atoms with Crippen LogP contribution in [0.2, 0.25) is 0 Å². The number of rotatable bonds is 6. The third-order valence-electron chi connectivity index (χ3n) is 4.06. The predicted molar refractivity (Wildman–Crippen MR) is 98.9 cm³/mol. The van der Waals surface area contributed by atoms with Gasteiger partial charge in [0.15, 0.2) is 5.78 Å². The minimum Gasteiger partial charge on any atom is -0.485 e. The van der Waals surface area contributed by atoms with Crippen molar-refractivity contribution in [3.8, 4) is 17.0 Å². The molecule has 0 bridgehead atoms. The largest absolute Gasteiger partial charge is 0.485 e. The highest BCUT2D eigenvalue weighted by molar-refractivity contribution is 5.81. The van der Waals surface area contributed by atoms with Gasteiger partial charge in [0.2, 0.25) is 0 Å². The lowest BCUT2D eigenvalue weighted by Gasteiger charge is -2.12. The molecule has 25 heavy (non-hydrogen) atoms. The number of imidazole rings is 1. The van der Waals surface area contributed by atoms with Gasteiger partial charge in [0.1, 0.15) is 18.2 Å². The van der Waals surface area contributed by atoms with E-state index in [-0.39, 0.29) is 18.8 Å². The normalized spacial score (nSPS) is 10.7. The van der Waals surface area contributed by atoms with Gasteiger partial charge in [-0.25, -0.2) is 4.98 Å². The summed E-state index contributed by atoms with van der Waals surface area (Å²) in [6, 6.07) is 14.0. The highest BCUT2D eigenvalue weighted by atomic mass is 16.5. The van der Waals surface area contributed by atoms with Crippen LogP contribution in [0.4, 0.5) is 0 Å². The van der Waals surface area contributed by atoms with E-state index in [1.54, 1.807) is 6.20 Å². The van der Waals surface area contributed by atoms with Gasteiger partial charge in [0.25, 0.3) is 0 Å². The van der Waals surface area contributed by atoms with Crippen LogP contribution in [0.1, 0.15) is 22.5 Å². The fourth-order valence-corrected chi connectivity index (χ4v) is 3.00. The first-order valence-corrected chi connectivity index (χ1v) is 8.34. The first-order chi connectivity index (χ1) is 12.0. The fraction of sp³-hybridized carbons (Fsp3) is 0.238. The van der Waals surface area contributed by atoms with Gasteiger partial charge in [0, 0.05) is 0 Å². The van der Waals surface area contributed by atoms with Crippen LogP contribution in [0.3, 0.4) is 0 Å². The molecule has 0 saturated carbocycles. The van der Waals surface area contributed by atoms with Gasteiger partial charge in [-0.1, -0.05) is 48.0 Å². The predicted octanol–water partition coefficient (Wildman–Crippen LogP) is 4.19. The number of H-pyrrole nitrogens is 1. The number of carbonyl (C=O) groups excluding carboxylic acids is 1. The van der Waals surface area contributed by atoms with Gasteiger partial charge in [-0.2, -0.15) is 0 Å². The van der Waals surface area contributed by atoms with Crippen LogP contribution >= 0.6 is 0 Å². The van der Waals surface area contributed by atoms with Crippen molar-refractivity contribution in [2.24, 2.45) is 0 Å². The molecule has 2 aromatic carbocycles. The molecule has 0 spiro atoms. The second-order valence-electron chi connectivity index (χ2n) is 6.34. The third kappa shape index (κ3) is 4.15. The maximum absolute atomic E-state index is 12.2. The summed E-state index contributed by atoms with van der Waals surface area (Å²) in [7, 11) is 0. The Hall–Kier alpha value is -2.88. The maximum atomic E-state index is 12.2. The zero-order chi connectivity index (χ0) is 17.8. The summed E-state index contributed by atoms with van der Waals surface area (Å²) < 4.78 is 5.76. The van der Waals surface area contributed by atoms with Crippen LogP contribution in [0, 0.1) is 20.8 Å². The molecule has 0 fully saturated rings. The molecule has 0 aliphatic carbocycles. The van der Waals surface area contributed by atoms with Crippen LogP contribution in [-0.4, -0.2) is 22.4 Å². The van der Waals surface area contributed by atoms with Crippen molar-refractivity contribution in [1.29, 1.82) is 0 Å². The van der Waals surface area contributed by atoms with Crippen LogP contribution in [0.5, 0.6) is 5.75 Å². The molecule has 0 unspecified atom stereocenters. The van der Waals surface area contributed by atoms with Gasteiger partial charge in [-0.3, -0.25) is 4.79 Å². The monoisotopic (exact) mass is 334 g/mol. The second-order valence-corrected chi connectivity index (χ2v) is 6.34. The molecule has 4 heteroatoms. The second kappa shape index (κ2) is 7.34. The van der Waals surface area contributed by atoms with Crippen molar-refractivity contribution in [3.63, 3.8) is 0 Å². The number of aryl methyl sites for hydroxylation is 3. The van der Waals surface area contributed by atoms with Crippen LogP contribution in [0.15, 0.2) is 48.7 Å². The molecule has 0 saturated heterocycles. The van der Waals surface area contributed by atoms with Gasteiger partial charge >= 0.3 is 0 Å². The molecule has 128 valence electrons. The Morgan fingerprint density at radius 3 is 2.44 bits per heavy atom. The van der Waals surface area contributed by atoms with E-state index in [0.717, 1.165) is 28.1 Å². The molecule has 1 heterocycles. The van der Waals surface area contributed by atoms with Crippen LogP contribution < -0.4 is 4.74 Å². The van der Waals surface area contributed by atoms with E-state index in [2.05, 4.69) is 29.0 Å². The number of nitrogens with zero attached hydrogens (tertiary/aromatic N) is 1. The highest BCUT2D eigenvalue weighted by Gasteiger charge is 2.11. The number of nitrogens with one attached hydrogen (secondary N) is 1. The van der Waals surface area contributed by atoms with Gasteiger partial charge in [-0.05, 0) is 37.5 Å². The average molecular weight is 334 g/mol. The highest BCUT2D eigenvalue weighted by Crippen LogP contribution is 2.24. The van der Waals surface area contributed by atoms with E-state index in [0.29, 0.717) is 5.82 Å². The first-order valence-electron chi connectivity index (χ1n) is 8.34. The first kappa shape index (κ1) is 17.0. The molecule has 1 N–H and O–H groups in total. The van der Waals surface area contributed by atoms with E-state index in [1.165, 1.54) is 5.56 Å². The summed E-state index contributed by atoms with van der Waals surface area (Å²) in [5.41, 5.74) is 5.26. The molecule has 3 rings (SSSR count). The summed E-state index contributed by atoms with van der Waals surface area (Å²) in [5.74, 6) is 1.45. The van der Waals surface area contributed by atoms with E-state index < -0.39 is 0 Å². The molecule has 0 aliphatic heterocycles. The SMILES string of the molecule is Cc1cc(C)c(OCC(=O)Cc2ncc(-c3ccccc3)[nH]2)c(C)c1. The standard InChI is InChI=1S/C21H22N2O2/c1-14-9-15(2)21(16(3)10-14)25-13-18(24)11-20-22-12-19(23-20)17-7-5-4-6-8-17/h4-10,12H,11,13H2,1-3H3,(H,22,23). The quantitative estimate of drug-likeness (QED) is 0.735. The fourth-order valence-electron chi connectivity index (χ4n) is 3.00. The number of aromatic nitrogens is 2. The zero-order valence-electron chi connectivity index (χ0n) is 14.8. The summed E-state index contributed by atoms with van der Waals surface area (Å²) in [6.07, 6.45) is 1.99. The Labute approximate surface area is 147 Å². The maximum Gasteiger partial charge on any atom is 0.177 e. The van der Waals surface area contributed by atoms with Crippen molar-refractivity contribution in [1.82, 2.24) is 9.97 Å². The Morgan fingerprint density at radius 2 is 1.76 bits per heavy atom. The number of hydrogen-bond donors (Lipinski definition) is 1. The van der Waals surface area contributed by atoms with E-state index in [4.69, 9.17) is 4.74 Å². The topological polar surface area (TPSA) is 55.0 Å². The van der Waals surface area contributed by atoms with Crippen LogP contribution in [0.25, 0.3) is 11.3 Å². The van der Waals surface area contributed by atoms with Gasteiger partial charge in [0.05, 0.1) is 18.3 Å². The lowest BCUT2D eigenvalue weighted by molar-refractivity contribution is -0.120. The van der Waals surface area contributed by atoms with Crippen molar-refractivity contribution < 1.29 is 9.53 Å². The van der Waals surface area contributed by atoms with E-state index in [9.17, 15) is 4.79 Å². The number of ketones is 1. The van der Waals surface area contributed by atoms with Crippen molar-refractivity contribution in [3.05, 3.63) is 71.2 Å². The zero-order valence-corrected chi connectivity index (χ0v) is 14.8. The molecular weight excluding hydrogens is 312 g/mol. The Morgan fingerprint density at radius 1 is 1.08 bits per heavy atom. The number of benzene rings is 2. The minimum atomic E-state index is -0.00617. The smallest absolute Gasteiger partial charge is 0.177 e. The molecule has 1 aromatic heterocycles. The summed E-state index contributed by atoms with van der Waals surface area (Å²) in [5, 5.41) is 0. The minimum absolute atomic E-state index is 0.00617. The van der Waals surface area contributed by atoms with Gasteiger partial charge < -0.3 is 9.72 Å². The lowest BCUT2D eigenvalue weighted by atomic mass is 10.1. The van der Waals surface area contributed by atoms with Crippen molar-refractivity contribution in [2.45, 2.75) is 27.2 Å². The Bertz CT molecular complexity index is 859. The molecule has 0 aliphatic rings. The molecule has 0 atom stereocenters. The molecule has 0 radical (unpaired) electrons. The van der Waals surface area contributed by atoms with E-state index >= 15 is 0 Å². The Kier molecular flexibility index (Phi) is 4.98. The lowest BCUT2D eigenvalue weighted by Crippen LogP contribution is -2.15. The van der Waals surface area contributed by atoms with Crippen molar-refractivity contribution >= 4 is 5.78 Å². The third-order valence-corrected chi connectivity index (χ3v) is 4.06. The number of carbonyl (C=O) groups is 1. The van der Waals surface area contributed by atoms with Crippen molar-refractivity contribution in [2.75, 3.05) is 6.61 Å². The van der Waals surface area contributed by atoms with Crippen LogP contribution in [-0.2, 0) is 11.2 Å². The number of aromatic amines is 1. The number of Topliss-reactive ketones (excluding diaryl/α,β-unsaturated/α-hetero) is 1. The Balaban J connectivity index is 1.61. The molecule has 3 aromatic rings. The number of ether oxygens (including phenoxy) is 1. The number of hydrogen-bond acceptors (Lipinski definition) is 3. The summed E-state index contributed by atoms with van der Waals surface area (Å²) >= 11 is 0. The molecule has 0 amide bonds. The molecule has 4 nitrogen and oxygen atoms in total. The van der Waals surface area contributed by atoms with E-state index in [1.807, 2.05) is 44.2 Å².